The summed E-state index contributed by atoms with van der Waals surface area (Å²) >= 11 is 2.00. The molecule has 2 nitrogen and oxygen atoms in total. The summed E-state index contributed by atoms with van der Waals surface area (Å²) in [5, 5.41) is 1.15. The average molecular weight is 198 g/mol. The minimum atomic E-state index is 0.310. The molecule has 13 heavy (non-hydrogen) atoms. The molecule has 3 heteroatoms. The molecule has 3 fully saturated rings. The number of rotatable bonds is 0. The van der Waals surface area contributed by atoms with Crippen LogP contribution in [0.3, 0.4) is 0 Å². The van der Waals surface area contributed by atoms with Crippen molar-refractivity contribution in [2.24, 2.45) is 17.8 Å². The number of carbonyl (C=O) groups excluding carboxylic acids is 1. The molecule has 2 bridgehead atoms. The maximum absolute atomic E-state index is 11.6. The molecule has 0 radical (unpaired) electrons. The van der Waals surface area contributed by atoms with Crippen LogP contribution in [-0.4, -0.2) is 29.0 Å². The van der Waals surface area contributed by atoms with Crippen LogP contribution >= 0.6 is 11.8 Å². The summed E-state index contributed by atoms with van der Waals surface area (Å²) in [6, 6.07) is 0. The number of hydrogen-bond acceptors (Lipinski definition) is 3. The van der Waals surface area contributed by atoms with Gasteiger partial charge in [-0.2, -0.15) is 11.8 Å². The van der Waals surface area contributed by atoms with Crippen molar-refractivity contribution in [1.82, 2.24) is 0 Å². The van der Waals surface area contributed by atoms with E-state index in [1.165, 1.54) is 0 Å². The van der Waals surface area contributed by atoms with E-state index in [0.29, 0.717) is 46.7 Å². The highest BCUT2D eigenvalue weighted by atomic mass is 32.2. The van der Waals surface area contributed by atoms with Gasteiger partial charge in [-0.05, 0) is 11.8 Å². The third-order valence-corrected chi connectivity index (χ3v) is 5.95. The van der Waals surface area contributed by atoms with Crippen LogP contribution in [0.15, 0.2) is 0 Å². The van der Waals surface area contributed by atoms with E-state index in [9.17, 15) is 4.79 Å². The molecule has 4 unspecified atom stereocenters. The second-order valence-electron chi connectivity index (χ2n) is 4.55. The highest BCUT2D eigenvalue weighted by Crippen LogP contribution is 2.58. The molecule has 6 atom stereocenters. The van der Waals surface area contributed by atoms with Crippen molar-refractivity contribution in [2.75, 3.05) is 6.61 Å². The summed E-state index contributed by atoms with van der Waals surface area (Å²) in [5.74, 6) is 1.88. The van der Waals surface area contributed by atoms with Gasteiger partial charge in [0.2, 0.25) is 0 Å². The quantitative estimate of drug-likeness (QED) is 0.587. The zero-order valence-corrected chi connectivity index (χ0v) is 8.71. The summed E-state index contributed by atoms with van der Waals surface area (Å²) in [5.41, 5.74) is 0. The molecular weight excluding hydrogens is 184 g/mol. The Kier molecular flexibility index (Phi) is 1.60. The SMILES string of the molecule is C[C@@H]1C2C(=O)COC3C2SC1[C@H]3C. The zero-order chi connectivity index (χ0) is 9.16. The molecule has 0 aliphatic carbocycles. The van der Waals surface area contributed by atoms with Crippen molar-refractivity contribution in [3.05, 3.63) is 0 Å². The van der Waals surface area contributed by atoms with Gasteiger partial charge in [-0.25, -0.2) is 0 Å². The zero-order valence-electron chi connectivity index (χ0n) is 7.90. The lowest BCUT2D eigenvalue weighted by atomic mass is 9.71. The minimum absolute atomic E-state index is 0.310. The molecule has 72 valence electrons. The van der Waals surface area contributed by atoms with E-state index >= 15 is 0 Å². The van der Waals surface area contributed by atoms with Crippen LogP contribution in [0.2, 0.25) is 0 Å². The van der Waals surface area contributed by atoms with Gasteiger partial charge in [0, 0.05) is 16.4 Å². The fourth-order valence-corrected chi connectivity index (χ4v) is 5.49. The van der Waals surface area contributed by atoms with Crippen molar-refractivity contribution in [2.45, 2.75) is 30.5 Å². The van der Waals surface area contributed by atoms with Gasteiger partial charge in [0.1, 0.15) is 6.61 Å². The lowest BCUT2D eigenvalue weighted by molar-refractivity contribution is -0.144. The third-order valence-electron chi connectivity index (χ3n) is 3.90. The molecule has 3 aliphatic rings. The van der Waals surface area contributed by atoms with Crippen molar-refractivity contribution in [3.63, 3.8) is 0 Å². The van der Waals surface area contributed by atoms with Gasteiger partial charge in [-0.1, -0.05) is 13.8 Å². The Hall–Kier alpha value is -0.0200. The van der Waals surface area contributed by atoms with Gasteiger partial charge in [-0.3, -0.25) is 4.79 Å². The van der Waals surface area contributed by atoms with E-state index in [0.717, 1.165) is 0 Å². The van der Waals surface area contributed by atoms with Crippen LogP contribution in [0.4, 0.5) is 0 Å². The van der Waals surface area contributed by atoms with E-state index in [-0.39, 0.29) is 0 Å². The van der Waals surface area contributed by atoms with Crippen molar-refractivity contribution in [1.29, 1.82) is 0 Å². The van der Waals surface area contributed by atoms with Gasteiger partial charge in [0.25, 0.3) is 0 Å². The number of fused-ring (bicyclic) bond motifs is 1. The molecule has 0 aromatic heterocycles. The van der Waals surface area contributed by atoms with Crippen LogP contribution in [-0.2, 0) is 9.53 Å². The second kappa shape index (κ2) is 2.51. The second-order valence-corrected chi connectivity index (χ2v) is 5.91. The standard InChI is InChI=1S/C10H14O2S/c1-4-7-6(11)3-12-8-5(2)9(4)13-10(7)8/h4-5,7-10H,3H2,1-2H3/t4-,5+,7?,8?,9?,10?/m1/s1. The van der Waals surface area contributed by atoms with Gasteiger partial charge >= 0.3 is 0 Å². The Balaban J connectivity index is 1.99. The topological polar surface area (TPSA) is 26.3 Å². The highest BCUT2D eigenvalue weighted by molar-refractivity contribution is 8.01. The first-order chi connectivity index (χ1) is 6.20. The number of carbonyl (C=O) groups is 1. The number of hydrogen-bond donors (Lipinski definition) is 0. The lowest BCUT2D eigenvalue weighted by Gasteiger charge is -2.39. The molecule has 3 rings (SSSR count). The fourth-order valence-electron chi connectivity index (χ4n) is 3.26. The first-order valence-electron chi connectivity index (χ1n) is 5.00. The van der Waals surface area contributed by atoms with E-state index in [1.54, 1.807) is 0 Å². The van der Waals surface area contributed by atoms with Crippen LogP contribution in [0.1, 0.15) is 13.8 Å². The predicted molar refractivity (Wildman–Crippen MR) is 51.7 cm³/mol. The molecule has 3 saturated heterocycles. The summed E-state index contributed by atoms with van der Waals surface area (Å²) in [6.07, 6.45) is 0.369. The molecule has 0 aromatic carbocycles. The normalized spacial score (nSPS) is 58.8. The monoisotopic (exact) mass is 198 g/mol. The molecular formula is C10H14O2S. The van der Waals surface area contributed by atoms with Crippen LogP contribution in [0.5, 0.6) is 0 Å². The van der Waals surface area contributed by atoms with Crippen LogP contribution in [0.25, 0.3) is 0 Å². The van der Waals surface area contributed by atoms with E-state index in [2.05, 4.69) is 13.8 Å². The Morgan fingerprint density at radius 2 is 2.08 bits per heavy atom. The van der Waals surface area contributed by atoms with Gasteiger partial charge in [0.15, 0.2) is 5.78 Å². The largest absolute Gasteiger partial charge is 0.369 e. The summed E-state index contributed by atoms with van der Waals surface area (Å²) in [4.78, 5) is 11.6. The Morgan fingerprint density at radius 3 is 2.77 bits per heavy atom. The summed E-state index contributed by atoms with van der Waals surface area (Å²) in [6.45, 7) is 4.87. The third kappa shape index (κ3) is 0.873. The molecule has 0 aromatic rings. The van der Waals surface area contributed by atoms with Crippen molar-refractivity contribution in [3.8, 4) is 0 Å². The molecule has 0 saturated carbocycles. The molecule has 0 spiro atoms. The minimum Gasteiger partial charge on any atom is -0.369 e. The average Bonchev–Trinajstić information content (AvgIpc) is 2.58. The van der Waals surface area contributed by atoms with Crippen LogP contribution < -0.4 is 0 Å². The van der Waals surface area contributed by atoms with Crippen molar-refractivity contribution >= 4 is 17.5 Å². The number of ether oxygens (including phenoxy) is 1. The predicted octanol–water partition coefficient (Wildman–Crippen LogP) is 1.34. The Morgan fingerprint density at radius 1 is 1.31 bits per heavy atom. The molecule has 0 amide bonds. The number of Topliss-reactive ketones (excluding diaryl/α,β-unsaturated/α-hetero) is 1. The molecule has 3 heterocycles. The van der Waals surface area contributed by atoms with Gasteiger partial charge in [0.05, 0.1) is 6.10 Å². The van der Waals surface area contributed by atoms with Crippen LogP contribution in [0, 0.1) is 17.8 Å². The lowest BCUT2D eigenvalue weighted by Crippen LogP contribution is -2.51. The smallest absolute Gasteiger partial charge is 0.163 e. The molecule has 0 N–H and O–H groups in total. The maximum Gasteiger partial charge on any atom is 0.163 e. The Bertz CT molecular complexity index is 264. The maximum atomic E-state index is 11.6. The first kappa shape index (κ1) is 8.30. The number of ketones is 1. The van der Waals surface area contributed by atoms with Crippen molar-refractivity contribution < 1.29 is 9.53 Å². The fraction of sp³-hybridized carbons (Fsp3) is 0.900. The van der Waals surface area contributed by atoms with E-state index in [1.807, 2.05) is 11.8 Å². The number of thioether (sulfide) groups is 1. The highest BCUT2D eigenvalue weighted by Gasteiger charge is 2.60. The summed E-state index contributed by atoms with van der Waals surface area (Å²) in [7, 11) is 0. The van der Waals surface area contributed by atoms with E-state index < -0.39 is 0 Å². The first-order valence-corrected chi connectivity index (χ1v) is 5.94. The summed E-state index contributed by atoms with van der Waals surface area (Å²) < 4.78 is 5.61. The van der Waals surface area contributed by atoms with E-state index in [4.69, 9.17) is 4.74 Å². The Labute approximate surface area is 82.4 Å². The molecule has 3 aliphatic heterocycles. The van der Waals surface area contributed by atoms with Gasteiger partial charge in [-0.15, -0.1) is 0 Å². The van der Waals surface area contributed by atoms with Gasteiger partial charge < -0.3 is 4.74 Å².